The highest BCUT2D eigenvalue weighted by Gasteiger charge is 2.03. The molecule has 0 heteroatoms. The van der Waals surface area contributed by atoms with Crippen LogP contribution in [0.15, 0.2) is 37.4 Å². The molecule has 0 aromatic rings. The summed E-state index contributed by atoms with van der Waals surface area (Å²) in [5.41, 5.74) is 2.85. The molecule has 2 rings (SSSR count). The molecule has 0 amide bonds. The molecule has 0 N–H and O–H groups in total. The summed E-state index contributed by atoms with van der Waals surface area (Å²) in [7, 11) is 0. The molecule has 0 heterocycles. The Bertz CT molecular complexity index is 151. The van der Waals surface area contributed by atoms with E-state index in [-0.39, 0.29) is 0 Å². The molecule has 2 aliphatic rings. The van der Waals surface area contributed by atoms with Crippen molar-refractivity contribution in [3.63, 3.8) is 0 Å². The number of benzene rings is 1. The maximum Gasteiger partial charge on any atom is -0.0184 e. The Kier molecular flexibility index (Phi) is 1.17. The monoisotopic (exact) mass is 104 g/mol. The molecule has 0 radical (unpaired) electrons. The van der Waals surface area contributed by atoms with Crippen molar-refractivity contribution in [1.82, 2.24) is 0 Å². The van der Waals surface area contributed by atoms with E-state index in [0.717, 1.165) is 0 Å². The molecular formula is C8H8. The minimum Gasteiger partial charge on any atom is -0.106 e. The molecule has 0 saturated carbocycles. The van der Waals surface area contributed by atoms with Crippen molar-refractivity contribution in [3.8, 4) is 11.1 Å². The molecule has 0 unspecified atom stereocenters. The molecule has 2 aliphatic carbocycles. The molecular weight excluding hydrogens is 96.1 g/mol. The van der Waals surface area contributed by atoms with Crippen LogP contribution >= 0.6 is 0 Å². The van der Waals surface area contributed by atoms with Crippen molar-refractivity contribution >= 4 is 0 Å². The van der Waals surface area contributed by atoms with Gasteiger partial charge >= 0.3 is 0 Å². The van der Waals surface area contributed by atoms with E-state index in [0.29, 0.717) is 0 Å². The minimum absolute atomic E-state index is 1.43. The fourth-order valence-corrected chi connectivity index (χ4v) is 0.663. The highest BCUT2D eigenvalue weighted by Crippen LogP contribution is 2.29. The summed E-state index contributed by atoms with van der Waals surface area (Å²) < 4.78 is 0. The van der Waals surface area contributed by atoms with E-state index in [9.17, 15) is 0 Å². The molecule has 0 atom stereocenters. The lowest BCUT2D eigenvalue weighted by molar-refractivity contribution is 1.55. The fourth-order valence-electron chi connectivity index (χ4n) is 0.663. The summed E-state index contributed by atoms with van der Waals surface area (Å²) in [5, 5.41) is 0. The number of rotatable bonds is 0. The van der Waals surface area contributed by atoms with Crippen LogP contribution in [0.3, 0.4) is 0 Å². The summed E-state index contributed by atoms with van der Waals surface area (Å²) >= 11 is 0. The molecule has 40 valence electrons. The van der Waals surface area contributed by atoms with E-state index < -0.39 is 0 Å². The van der Waals surface area contributed by atoms with Gasteiger partial charge in [-0.1, -0.05) is 24.3 Å². The van der Waals surface area contributed by atoms with Gasteiger partial charge in [-0.2, -0.15) is 0 Å². The van der Waals surface area contributed by atoms with E-state index >= 15 is 0 Å². The average Bonchev–Trinajstić information content (AvgIpc) is 1.83. The van der Waals surface area contributed by atoms with Crippen molar-refractivity contribution < 1.29 is 0 Å². The number of hydrogen-bond acceptors (Lipinski definition) is 0. The van der Waals surface area contributed by atoms with Crippen molar-refractivity contribution in [1.29, 1.82) is 0 Å². The lowest BCUT2D eigenvalue weighted by atomic mass is 9.95. The van der Waals surface area contributed by atoms with Gasteiger partial charge in [0.15, 0.2) is 0 Å². The maximum atomic E-state index is 3.00. The second-order valence-electron chi connectivity index (χ2n) is 1.58. The van der Waals surface area contributed by atoms with Gasteiger partial charge in [0.1, 0.15) is 0 Å². The standard InChI is InChI=1S/C6H4.C2H4/c1-2-6-4-3-5(1)6;1-2/h1-4H;1-2H2. The highest BCUT2D eigenvalue weighted by atomic mass is 14.1. The van der Waals surface area contributed by atoms with Crippen LogP contribution in [0.1, 0.15) is 0 Å². The normalized spacial score (nSPS) is 9.00. The molecule has 0 aromatic carbocycles. The molecule has 0 bridgehead atoms. The average molecular weight is 104 g/mol. The quantitative estimate of drug-likeness (QED) is 0.450. The zero-order valence-electron chi connectivity index (χ0n) is 4.72. The van der Waals surface area contributed by atoms with Crippen LogP contribution in [-0.2, 0) is 0 Å². The smallest absolute Gasteiger partial charge is 0.0184 e. The Morgan fingerprint density at radius 2 is 1.00 bits per heavy atom. The van der Waals surface area contributed by atoms with Crippen molar-refractivity contribution in [2.45, 2.75) is 0 Å². The topological polar surface area (TPSA) is 0 Å². The van der Waals surface area contributed by atoms with Crippen LogP contribution in [-0.4, -0.2) is 0 Å². The van der Waals surface area contributed by atoms with Crippen LogP contribution in [0.5, 0.6) is 0 Å². The van der Waals surface area contributed by atoms with Crippen LogP contribution < -0.4 is 0 Å². The summed E-state index contributed by atoms with van der Waals surface area (Å²) in [4.78, 5) is 0. The van der Waals surface area contributed by atoms with Gasteiger partial charge in [-0.25, -0.2) is 0 Å². The molecule has 0 saturated heterocycles. The van der Waals surface area contributed by atoms with Crippen molar-refractivity contribution in [3.05, 3.63) is 37.4 Å². The number of hydrogen-bond donors (Lipinski definition) is 0. The Hall–Kier alpha value is -1.04. The van der Waals surface area contributed by atoms with E-state index in [4.69, 9.17) is 0 Å². The van der Waals surface area contributed by atoms with E-state index in [1.165, 1.54) is 11.1 Å². The van der Waals surface area contributed by atoms with Gasteiger partial charge in [0.05, 0.1) is 0 Å². The van der Waals surface area contributed by atoms with E-state index in [2.05, 4.69) is 37.4 Å². The third kappa shape index (κ3) is 0.463. The van der Waals surface area contributed by atoms with Gasteiger partial charge in [0.25, 0.3) is 0 Å². The summed E-state index contributed by atoms with van der Waals surface area (Å²) in [6.07, 6.45) is 0. The molecule has 0 aliphatic heterocycles. The predicted octanol–water partition coefficient (Wildman–Crippen LogP) is 2.47. The number of fused-ring (bicyclic) bond motifs is 1. The first kappa shape index (κ1) is 5.10. The minimum atomic E-state index is 1.43. The maximum absolute atomic E-state index is 3.00. The zero-order valence-corrected chi connectivity index (χ0v) is 4.72. The van der Waals surface area contributed by atoms with E-state index in [1.807, 2.05) is 0 Å². The first-order chi connectivity index (χ1) is 3.97. The van der Waals surface area contributed by atoms with Crippen molar-refractivity contribution in [2.75, 3.05) is 0 Å². The van der Waals surface area contributed by atoms with Crippen LogP contribution in [0.2, 0.25) is 0 Å². The molecule has 0 nitrogen and oxygen atoms in total. The molecule has 0 aromatic heterocycles. The van der Waals surface area contributed by atoms with Gasteiger partial charge in [-0.3, -0.25) is 0 Å². The third-order valence-corrected chi connectivity index (χ3v) is 1.22. The second kappa shape index (κ2) is 1.83. The van der Waals surface area contributed by atoms with Gasteiger partial charge in [0.2, 0.25) is 0 Å². The van der Waals surface area contributed by atoms with Gasteiger partial charge in [0, 0.05) is 0 Å². The first-order valence-corrected chi connectivity index (χ1v) is 2.57. The summed E-state index contributed by atoms with van der Waals surface area (Å²) in [6, 6.07) is 8.48. The largest absolute Gasteiger partial charge is 0.106 e. The first-order valence-electron chi connectivity index (χ1n) is 2.57. The predicted molar refractivity (Wildman–Crippen MR) is 36.7 cm³/mol. The van der Waals surface area contributed by atoms with E-state index in [1.54, 1.807) is 0 Å². The van der Waals surface area contributed by atoms with Gasteiger partial charge in [-0.05, 0) is 11.1 Å². The van der Waals surface area contributed by atoms with Crippen LogP contribution in [0.4, 0.5) is 0 Å². The Balaban J connectivity index is 0.000000147. The van der Waals surface area contributed by atoms with Gasteiger partial charge in [-0.15, -0.1) is 13.2 Å². The fraction of sp³-hybridized carbons (Fsp3) is 0. The summed E-state index contributed by atoms with van der Waals surface area (Å²) in [5.74, 6) is 0. The van der Waals surface area contributed by atoms with Gasteiger partial charge < -0.3 is 0 Å². The SMILES string of the molecule is C=C.c1cc2ccc1-2. The lowest BCUT2D eigenvalue weighted by Crippen LogP contribution is -1.85. The Labute approximate surface area is 49.5 Å². The second-order valence-corrected chi connectivity index (χ2v) is 1.58. The molecule has 0 spiro atoms. The van der Waals surface area contributed by atoms with Crippen molar-refractivity contribution in [2.24, 2.45) is 0 Å². The zero-order chi connectivity index (χ0) is 5.98. The lowest BCUT2D eigenvalue weighted by Gasteiger charge is -2.10. The molecule has 0 fully saturated rings. The molecule has 8 heavy (non-hydrogen) atoms. The highest BCUT2D eigenvalue weighted by molar-refractivity contribution is 5.75. The van der Waals surface area contributed by atoms with Crippen LogP contribution in [0.25, 0.3) is 11.1 Å². The summed E-state index contributed by atoms with van der Waals surface area (Å²) in [6.45, 7) is 6.00. The Morgan fingerprint density at radius 1 is 0.750 bits per heavy atom. The third-order valence-electron chi connectivity index (χ3n) is 1.22. The van der Waals surface area contributed by atoms with Crippen LogP contribution in [0, 0.1) is 0 Å². The Morgan fingerprint density at radius 3 is 1.00 bits per heavy atom.